The Morgan fingerprint density at radius 3 is 1.54 bits per heavy atom. The van der Waals surface area contributed by atoms with Crippen LogP contribution in [0, 0.1) is 13.8 Å². The minimum Gasteiger partial charge on any atom is -0.478 e. The summed E-state index contributed by atoms with van der Waals surface area (Å²) >= 11 is 15.1. The number of aryl methyl sites for hydroxylation is 2. The minimum absolute atomic E-state index is 0.0602. The molecular weight excluding hydrogens is 884 g/mol. The van der Waals surface area contributed by atoms with E-state index in [0.717, 1.165) is 37.6 Å². The van der Waals surface area contributed by atoms with Crippen molar-refractivity contribution < 1.29 is 23.7 Å². The van der Waals surface area contributed by atoms with Gasteiger partial charge in [0.25, 0.3) is 5.91 Å². The molecule has 15 nitrogen and oxygen atoms in total. The molecule has 0 fully saturated rings. The largest absolute Gasteiger partial charge is 0.478 e. The van der Waals surface area contributed by atoms with Gasteiger partial charge in [-0.2, -0.15) is 9.97 Å². The third kappa shape index (κ3) is 12.2. The lowest BCUT2D eigenvalue weighted by molar-refractivity contribution is 0.0696. The lowest BCUT2D eigenvalue weighted by Crippen LogP contribution is -2.36. The van der Waals surface area contributed by atoms with Crippen LogP contribution in [-0.4, -0.2) is 70.3 Å². The summed E-state index contributed by atoms with van der Waals surface area (Å²) in [7, 11) is 0. The summed E-state index contributed by atoms with van der Waals surface area (Å²) in [5.41, 5.74) is 10.8. The highest BCUT2D eigenvalue weighted by atomic mass is 35.5. The Bertz CT molecular complexity index is 2800. The van der Waals surface area contributed by atoms with Crippen molar-refractivity contribution in [1.82, 2.24) is 45.5 Å². The van der Waals surface area contributed by atoms with Gasteiger partial charge in [-0.05, 0) is 48.5 Å². The molecule has 8 aromatic rings. The standard InChI is InChI=1S/C22H20ClN5O2S.C13H15ClN2S.C9H7N3O3/c1-13-26-19(28-30-13)17-10-15(8-9-24-17)20(29)25-12-22(2,3)21-27-18(11-31-21)14-4-6-16(23)7-5-14;1-13(2,8-15)12-16-11(7-17-12)9-3-5-10(14)6-4-9;1-5-11-8(12-15-5)7-4-6(9(13)14)2-3-10-7/h4-11H,12H2,1-3H3,(H,25,29);3-7H,8,15H2,1-2H3;2-4H,1H3,(H,13,14). The summed E-state index contributed by atoms with van der Waals surface area (Å²) in [6.45, 7) is 12.7. The van der Waals surface area contributed by atoms with E-state index in [1.54, 1.807) is 54.9 Å². The molecule has 6 heterocycles. The zero-order chi connectivity index (χ0) is 45.3. The number of aromatic carboxylic acids is 1. The molecule has 0 radical (unpaired) electrons. The van der Waals surface area contributed by atoms with E-state index in [-0.39, 0.29) is 28.1 Å². The lowest BCUT2D eigenvalue weighted by atomic mass is 9.94. The Labute approximate surface area is 380 Å². The van der Waals surface area contributed by atoms with Gasteiger partial charge in [-0.1, -0.05) is 85.5 Å². The van der Waals surface area contributed by atoms with Crippen LogP contribution in [0.4, 0.5) is 0 Å². The van der Waals surface area contributed by atoms with Gasteiger partial charge in [0.2, 0.25) is 23.4 Å². The van der Waals surface area contributed by atoms with Crippen LogP contribution in [0.1, 0.15) is 70.2 Å². The Morgan fingerprint density at radius 2 is 1.11 bits per heavy atom. The van der Waals surface area contributed by atoms with Crippen molar-refractivity contribution in [2.75, 3.05) is 13.1 Å². The first kappa shape index (κ1) is 46.3. The number of carbonyl (C=O) groups is 2. The number of carbonyl (C=O) groups excluding carboxylic acids is 1. The molecule has 324 valence electrons. The predicted octanol–water partition coefficient (Wildman–Crippen LogP) is 9.76. The number of amides is 1. The van der Waals surface area contributed by atoms with Gasteiger partial charge in [0.05, 0.1) is 17.0 Å². The maximum Gasteiger partial charge on any atom is 0.335 e. The van der Waals surface area contributed by atoms with Crippen molar-refractivity contribution in [2.45, 2.75) is 52.4 Å². The van der Waals surface area contributed by atoms with Gasteiger partial charge < -0.3 is 25.2 Å². The average Bonchev–Trinajstić information content (AvgIpc) is 4.13. The molecule has 0 saturated heterocycles. The van der Waals surface area contributed by atoms with Crippen LogP contribution in [0.25, 0.3) is 45.6 Å². The van der Waals surface area contributed by atoms with E-state index in [1.807, 2.05) is 53.9 Å². The molecule has 63 heavy (non-hydrogen) atoms. The summed E-state index contributed by atoms with van der Waals surface area (Å²) in [4.78, 5) is 49.1. The molecule has 0 bridgehead atoms. The molecule has 1 amide bonds. The number of nitrogens with one attached hydrogen (secondary N) is 1. The summed E-state index contributed by atoms with van der Waals surface area (Å²) in [6.07, 6.45) is 2.95. The molecule has 0 atom stereocenters. The van der Waals surface area contributed by atoms with Crippen LogP contribution in [0.3, 0.4) is 0 Å². The summed E-state index contributed by atoms with van der Waals surface area (Å²) in [5.74, 6) is 0.272. The molecule has 2 aromatic carbocycles. The zero-order valence-corrected chi connectivity index (χ0v) is 38.1. The quantitative estimate of drug-likeness (QED) is 0.110. The smallest absolute Gasteiger partial charge is 0.335 e. The Morgan fingerprint density at radius 1 is 0.667 bits per heavy atom. The molecule has 19 heteroatoms. The van der Waals surface area contributed by atoms with Crippen molar-refractivity contribution in [3.63, 3.8) is 0 Å². The first-order chi connectivity index (χ1) is 30.0. The number of carboxylic acid groups (broad SMARTS) is 1. The number of pyridine rings is 2. The van der Waals surface area contributed by atoms with Crippen LogP contribution >= 0.6 is 45.9 Å². The maximum absolute atomic E-state index is 12.7. The van der Waals surface area contributed by atoms with Gasteiger partial charge in [0.1, 0.15) is 21.4 Å². The van der Waals surface area contributed by atoms with Crippen LogP contribution in [-0.2, 0) is 10.8 Å². The van der Waals surface area contributed by atoms with E-state index >= 15 is 0 Å². The first-order valence-electron chi connectivity index (χ1n) is 19.2. The highest BCUT2D eigenvalue weighted by Gasteiger charge is 2.26. The van der Waals surface area contributed by atoms with E-state index in [4.69, 9.17) is 48.1 Å². The molecular formula is C44H42Cl2N10O5S2. The second-order valence-corrected chi connectivity index (χ2v) is 17.8. The lowest BCUT2D eigenvalue weighted by Gasteiger charge is -2.22. The molecule has 0 aliphatic heterocycles. The van der Waals surface area contributed by atoms with Crippen molar-refractivity contribution in [3.05, 3.63) is 139 Å². The first-order valence-corrected chi connectivity index (χ1v) is 21.7. The van der Waals surface area contributed by atoms with Crippen molar-refractivity contribution in [3.8, 4) is 45.6 Å². The zero-order valence-electron chi connectivity index (χ0n) is 35.0. The SMILES string of the molecule is CC(C)(CN)c1nc(-c2ccc(Cl)cc2)cs1.Cc1nc(-c2cc(C(=O)NCC(C)(C)c3nc(-c4ccc(Cl)cc4)cs3)ccn2)no1.Cc1nc(-c2cc(C(=O)O)ccn2)no1. The van der Waals surface area contributed by atoms with E-state index in [9.17, 15) is 9.59 Å². The summed E-state index contributed by atoms with van der Waals surface area (Å²) in [6, 6.07) is 21.4. The number of benzene rings is 2. The number of nitrogens with two attached hydrogens (primary N) is 1. The van der Waals surface area contributed by atoms with Gasteiger partial charge in [0.15, 0.2) is 0 Å². The van der Waals surface area contributed by atoms with E-state index in [2.05, 4.69) is 73.6 Å². The number of halogens is 2. The summed E-state index contributed by atoms with van der Waals surface area (Å²) in [5, 5.41) is 26.8. The highest BCUT2D eigenvalue weighted by Crippen LogP contribution is 2.32. The van der Waals surface area contributed by atoms with Gasteiger partial charge in [-0.25, -0.2) is 14.8 Å². The maximum atomic E-state index is 12.7. The van der Waals surface area contributed by atoms with Crippen molar-refractivity contribution in [1.29, 1.82) is 0 Å². The molecule has 0 unspecified atom stereocenters. The second-order valence-electron chi connectivity index (χ2n) is 15.2. The Balaban J connectivity index is 0.000000174. The fourth-order valence-corrected chi connectivity index (χ4v) is 7.60. The number of thiazole rings is 2. The number of hydrogen-bond acceptors (Lipinski definition) is 15. The minimum atomic E-state index is -1.01. The fraction of sp³-hybridized carbons (Fsp3) is 0.227. The number of nitrogens with zero attached hydrogens (tertiary/aromatic N) is 8. The normalized spacial score (nSPS) is 11.3. The third-order valence-electron chi connectivity index (χ3n) is 9.19. The van der Waals surface area contributed by atoms with Crippen molar-refractivity contribution >= 4 is 57.8 Å². The molecule has 0 aliphatic carbocycles. The summed E-state index contributed by atoms with van der Waals surface area (Å²) < 4.78 is 9.76. The predicted molar refractivity (Wildman–Crippen MR) is 244 cm³/mol. The third-order valence-corrected chi connectivity index (χ3v) is 12.1. The molecule has 0 spiro atoms. The fourth-order valence-electron chi connectivity index (χ4n) is 5.43. The van der Waals surface area contributed by atoms with Crippen LogP contribution in [0.2, 0.25) is 10.0 Å². The number of aromatic nitrogens is 8. The Kier molecular flexibility index (Phi) is 14.9. The highest BCUT2D eigenvalue weighted by molar-refractivity contribution is 7.10. The van der Waals surface area contributed by atoms with E-state index < -0.39 is 5.97 Å². The Hall–Kier alpha value is -6.24. The molecule has 0 aliphatic rings. The van der Waals surface area contributed by atoms with Gasteiger partial charge in [-0.15, -0.1) is 22.7 Å². The van der Waals surface area contributed by atoms with Gasteiger partial charge in [0, 0.05) is 87.7 Å². The van der Waals surface area contributed by atoms with E-state index in [1.165, 1.54) is 18.3 Å². The topological polar surface area (TPSA) is 222 Å². The number of rotatable bonds is 11. The monoisotopic (exact) mass is 924 g/mol. The molecule has 4 N–H and O–H groups in total. The van der Waals surface area contributed by atoms with Crippen molar-refractivity contribution in [2.24, 2.45) is 5.73 Å². The van der Waals surface area contributed by atoms with Gasteiger partial charge >= 0.3 is 5.97 Å². The van der Waals surface area contributed by atoms with Gasteiger partial charge in [-0.3, -0.25) is 14.8 Å². The van der Waals surface area contributed by atoms with Crippen LogP contribution in [0.15, 0.2) is 105 Å². The molecule has 0 saturated carbocycles. The van der Waals surface area contributed by atoms with Crippen LogP contribution in [0.5, 0.6) is 0 Å². The number of carboxylic acids is 1. The molecule has 6 aromatic heterocycles. The van der Waals surface area contributed by atoms with E-state index in [0.29, 0.717) is 52.7 Å². The average molecular weight is 926 g/mol. The second kappa shape index (κ2) is 20.3. The number of hydrogen-bond donors (Lipinski definition) is 3. The molecule has 8 rings (SSSR count). The van der Waals surface area contributed by atoms with Crippen LogP contribution < -0.4 is 11.1 Å².